The van der Waals surface area contributed by atoms with Crippen molar-refractivity contribution >= 4 is 6.16 Å². The highest BCUT2D eigenvalue weighted by molar-refractivity contribution is 5.61. The average molecular weight is 198 g/mol. The molecule has 0 aliphatic heterocycles. The van der Waals surface area contributed by atoms with Crippen LogP contribution in [-0.4, -0.2) is 16.4 Å². The fourth-order valence-corrected chi connectivity index (χ4v) is 0.615. The van der Waals surface area contributed by atoms with Crippen molar-refractivity contribution in [2.45, 2.75) is 20.3 Å². The van der Waals surface area contributed by atoms with Gasteiger partial charge in [-0.15, -0.1) is 0 Å². The number of benzene rings is 1. The molecule has 0 atom stereocenters. The molecular weight excluding hydrogens is 184 g/mol. The minimum Gasteiger partial charge on any atom is -0.508 e. The van der Waals surface area contributed by atoms with Gasteiger partial charge >= 0.3 is 6.16 Å². The zero-order valence-electron chi connectivity index (χ0n) is 8.23. The highest BCUT2D eigenvalue weighted by Crippen LogP contribution is 2.15. The zero-order valence-corrected chi connectivity index (χ0v) is 8.23. The summed E-state index contributed by atoms with van der Waals surface area (Å²) in [7, 11) is 0. The van der Waals surface area contributed by atoms with Crippen LogP contribution in [0.4, 0.5) is 4.79 Å². The van der Waals surface area contributed by atoms with Crippen molar-refractivity contribution in [1.29, 1.82) is 0 Å². The number of carbonyl (C=O) groups is 1. The van der Waals surface area contributed by atoms with Gasteiger partial charge < -0.3 is 14.9 Å². The quantitative estimate of drug-likeness (QED) is 0.537. The van der Waals surface area contributed by atoms with Crippen LogP contribution in [-0.2, 0) is 0 Å². The van der Waals surface area contributed by atoms with E-state index in [9.17, 15) is 4.79 Å². The third kappa shape index (κ3) is 5.88. The van der Waals surface area contributed by atoms with Gasteiger partial charge in [0, 0.05) is 0 Å². The molecule has 1 rings (SSSR count). The monoisotopic (exact) mass is 198 g/mol. The Kier molecular flexibility index (Phi) is 5.94. The van der Waals surface area contributed by atoms with Crippen LogP contribution in [0.25, 0.3) is 0 Å². The van der Waals surface area contributed by atoms with E-state index in [4.69, 9.17) is 10.2 Å². The van der Waals surface area contributed by atoms with Gasteiger partial charge in [-0.05, 0) is 24.3 Å². The molecule has 4 heteroatoms. The van der Waals surface area contributed by atoms with Gasteiger partial charge in [0.2, 0.25) is 0 Å². The number of phenolic OH excluding ortho intramolecular Hbond substituents is 1. The highest BCUT2D eigenvalue weighted by Gasteiger charge is 1.98. The summed E-state index contributed by atoms with van der Waals surface area (Å²) in [6, 6.07) is 5.42. The van der Waals surface area contributed by atoms with Gasteiger partial charge in [0.05, 0.1) is 0 Å². The van der Waals surface area contributed by atoms with Gasteiger partial charge in [0.25, 0.3) is 0 Å². The van der Waals surface area contributed by atoms with Crippen molar-refractivity contribution in [3.8, 4) is 11.5 Å². The van der Waals surface area contributed by atoms with Gasteiger partial charge in [-0.3, -0.25) is 0 Å². The summed E-state index contributed by atoms with van der Waals surface area (Å²) in [6.45, 7) is 4.25. The molecule has 0 fully saturated rings. The van der Waals surface area contributed by atoms with Crippen molar-refractivity contribution in [2.24, 2.45) is 0 Å². The van der Waals surface area contributed by atoms with E-state index < -0.39 is 6.16 Å². The second-order valence-electron chi connectivity index (χ2n) is 2.57. The lowest BCUT2D eigenvalue weighted by molar-refractivity contribution is 0.144. The van der Waals surface area contributed by atoms with Crippen molar-refractivity contribution in [3.63, 3.8) is 0 Å². The Bertz CT molecular complexity index is 266. The molecule has 1 aromatic carbocycles. The molecular formula is C10H14O4. The van der Waals surface area contributed by atoms with Crippen LogP contribution >= 0.6 is 0 Å². The van der Waals surface area contributed by atoms with Crippen LogP contribution in [0.15, 0.2) is 24.3 Å². The zero-order chi connectivity index (χ0) is 11.0. The Balaban J connectivity index is 0.000000500. The Morgan fingerprint density at radius 2 is 1.71 bits per heavy atom. The molecule has 0 heterocycles. The maximum atomic E-state index is 9.97. The number of aromatic hydroxyl groups is 1. The molecule has 0 bridgehead atoms. The van der Waals surface area contributed by atoms with Gasteiger partial charge in [0.15, 0.2) is 0 Å². The molecule has 0 aliphatic rings. The minimum absolute atomic E-state index is 0.0720. The third-order valence-electron chi connectivity index (χ3n) is 1.04. The van der Waals surface area contributed by atoms with Gasteiger partial charge in [-0.1, -0.05) is 20.3 Å². The van der Waals surface area contributed by atoms with Gasteiger partial charge in [-0.2, -0.15) is 0 Å². The third-order valence-corrected chi connectivity index (χ3v) is 1.04. The normalized spacial score (nSPS) is 8.43. The molecule has 1 aromatic rings. The molecule has 78 valence electrons. The summed E-state index contributed by atoms with van der Waals surface area (Å²) in [5.74, 6) is 0.262. The van der Waals surface area contributed by atoms with E-state index in [0.717, 1.165) is 0 Å². The lowest BCUT2D eigenvalue weighted by Gasteiger charge is -1.97. The topological polar surface area (TPSA) is 66.8 Å². The van der Waals surface area contributed by atoms with Crippen molar-refractivity contribution in [3.05, 3.63) is 24.3 Å². The van der Waals surface area contributed by atoms with E-state index in [1.54, 1.807) is 0 Å². The van der Waals surface area contributed by atoms with E-state index in [1.165, 1.54) is 30.7 Å². The van der Waals surface area contributed by atoms with Crippen LogP contribution in [0.3, 0.4) is 0 Å². The molecule has 0 unspecified atom stereocenters. The Morgan fingerprint density at radius 1 is 1.29 bits per heavy atom. The van der Waals surface area contributed by atoms with Crippen molar-refractivity contribution in [2.75, 3.05) is 0 Å². The summed E-state index contributed by atoms with van der Waals surface area (Å²) in [4.78, 5) is 9.97. The largest absolute Gasteiger partial charge is 0.511 e. The maximum absolute atomic E-state index is 9.97. The first-order chi connectivity index (χ1) is 6.60. The van der Waals surface area contributed by atoms with Crippen molar-refractivity contribution in [1.82, 2.24) is 0 Å². The standard InChI is InChI=1S/C7H6O4.C3H8/c8-5-1-3-6(4-2-5)11-7(9)10;1-3-2/h1-4,8H,(H,9,10);3H2,1-2H3. The van der Waals surface area contributed by atoms with Crippen LogP contribution < -0.4 is 4.74 Å². The van der Waals surface area contributed by atoms with Crippen LogP contribution in [0.1, 0.15) is 20.3 Å². The van der Waals surface area contributed by atoms with E-state index in [2.05, 4.69) is 18.6 Å². The Labute approximate surface area is 82.8 Å². The first kappa shape index (κ1) is 12.3. The highest BCUT2D eigenvalue weighted by atomic mass is 16.7. The second-order valence-corrected chi connectivity index (χ2v) is 2.57. The minimum atomic E-state index is -1.37. The molecule has 2 N–H and O–H groups in total. The lowest BCUT2D eigenvalue weighted by atomic mass is 10.3. The summed E-state index contributed by atoms with van der Waals surface area (Å²) in [6.07, 6.45) is -0.115. The summed E-state index contributed by atoms with van der Waals surface area (Å²) in [5, 5.41) is 16.9. The van der Waals surface area contributed by atoms with E-state index in [0.29, 0.717) is 0 Å². The van der Waals surface area contributed by atoms with Crippen molar-refractivity contribution < 1.29 is 19.7 Å². The Hall–Kier alpha value is -1.71. The van der Waals surface area contributed by atoms with E-state index >= 15 is 0 Å². The molecule has 0 spiro atoms. The molecule has 0 radical (unpaired) electrons. The summed E-state index contributed by atoms with van der Waals surface area (Å²) >= 11 is 0. The lowest BCUT2D eigenvalue weighted by Crippen LogP contribution is -2.02. The van der Waals surface area contributed by atoms with Gasteiger partial charge in [-0.25, -0.2) is 4.79 Å². The fourth-order valence-electron chi connectivity index (χ4n) is 0.615. The number of hydrogen-bond donors (Lipinski definition) is 2. The maximum Gasteiger partial charge on any atom is 0.511 e. The van der Waals surface area contributed by atoms with E-state index in [-0.39, 0.29) is 11.5 Å². The summed E-state index contributed by atoms with van der Waals surface area (Å²) in [5.41, 5.74) is 0. The summed E-state index contributed by atoms with van der Waals surface area (Å²) < 4.78 is 4.27. The number of carboxylic acid groups (broad SMARTS) is 1. The van der Waals surface area contributed by atoms with E-state index in [1.807, 2.05) is 0 Å². The molecule has 4 nitrogen and oxygen atoms in total. The first-order valence-electron chi connectivity index (χ1n) is 4.30. The predicted molar refractivity (Wildman–Crippen MR) is 52.7 cm³/mol. The van der Waals surface area contributed by atoms with Crippen LogP contribution in [0.5, 0.6) is 11.5 Å². The number of ether oxygens (including phenoxy) is 1. The fraction of sp³-hybridized carbons (Fsp3) is 0.300. The number of rotatable bonds is 1. The predicted octanol–water partition coefficient (Wildman–Crippen LogP) is 2.87. The smallest absolute Gasteiger partial charge is 0.508 e. The van der Waals surface area contributed by atoms with Crippen LogP contribution in [0.2, 0.25) is 0 Å². The molecule has 0 saturated carbocycles. The SMILES string of the molecule is CCC.O=C(O)Oc1ccc(O)cc1. The number of hydrogen-bond acceptors (Lipinski definition) is 3. The van der Waals surface area contributed by atoms with Gasteiger partial charge in [0.1, 0.15) is 11.5 Å². The molecule has 0 aromatic heterocycles. The average Bonchev–Trinajstić information content (AvgIpc) is 2.09. The number of phenols is 1. The molecule has 0 amide bonds. The first-order valence-corrected chi connectivity index (χ1v) is 4.30. The molecule has 14 heavy (non-hydrogen) atoms. The second kappa shape index (κ2) is 6.77. The van der Waals surface area contributed by atoms with Crippen LogP contribution in [0, 0.1) is 0 Å². The molecule has 0 saturated heterocycles. The Morgan fingerprint density at radius 3 is 2.07 bits per heavy atom. The molecule has 0 aliphatic carbocycles.